The van der Waals surface area contributed by atoms with E-state index in [-0.39, 0.29) is 11.4 Å². The first kappa shape index (κ1) is 16.7. The Hall–Kier alpha value is -1.31. The number of hydrogen-bond donors (Lipinski definition) is 0. The quantitative estimate of drug-likeness (QED) is 0.732. The minimum Gasteiger partial charge on any atom is -0.460 e. The summed E-state index contributed by atoms with van der Waals surface area (Å²) in [5, 5.41) is 0. The summed E-state index contributed by atoms with van der Waals surface area (Å²) in [6.07, 6.45) is 0. The molecule has 0 aliphatic carbocycles. The average Bonchev–Trinajstić information content (AvgIpc) is 2.21. The van der Waals surface area contributed by atoms with Crippen LogP contribution in [0.5, 0.6) is 0 Å². The molecule has 0 aliphatic rings. The number of ether oxygens (including phenoxy) is 1. The Labute approximate surface area is 123 Å². The standard InChI is InChI=1S/C18H28O2/c1-12-9-14(11-20-16(19)18(6,7)8)10-13(2)15(12)17(3,4)5/h9-10H,11H2,1-8H3. The summed E-state index contributed by atoms with van der Waals surface area (Å²) in [4.78, 5) is 11.8. The molecule has 1 aromatic rings. The van der Waals surface area contributed by atoms with Gasteiger partial charge in [0.05, 0.1) is 5.41 Å². The molecular weight excluding hydrogens is 248 g/mol. The van der Waals surface area contributed by atoms with E-state index in [4.69, 9.17) is 4.74 Å². The van der Waals surface area contributed by atoms with Crippen molar-refractivity contribution in [3.05, 3.63) is 34.4 Å². The lowest BCUT2D eigenvalue weighted by molar-refractivity contribution is -0.154. The highest BCUT2D eigenvalue weighted by molar-refractivity contribution is 5.75. The summed E-state index contributed by atoms with van der Waals surface area (Å²) < 4.78 is 5.39. The highest BCUT2D eigenvalue weighted by Gasteiger charge is 2.23. The smallest absolute Gasteiger partial charge is 0.311 e. The molecule has 1 aromatic carbocycles. The van der Waals surface area contributed by atoms with Crippen molar-refractivity contribution in [2.24, 2.45) is 5.41 Å². The SMILES string of the molecule is Cc1cc(COC(=O)C(C)(C)C)cc(C)c1C(C)(C)C. The van der Waals surface area contributed by atoms with Crippen molar-refractivity contribution < 1.29 is 9.53 Å². The molecule has 0 heterocycles. The molecule has 0 unspecified atom stereocenters. The Kier molecular flexibility index (Phi) is 4.68. The zero-order valence-electron chi connectivity index (χ0n) is 14.2. The summed E-state index contributed by atoms with van der Waals surface area (Å²) in [6, 6.07) is 4.26. The Morgan fingerprint density at radius 3 is 1.80 bits per heavy atom. The van der Waals surface area contributed by atoms with E-state index in [0.717, 1.165) is 5.56 Å². The van der Waals surface area contributed by atoms with Crippen molar-refractivity contribution in [2.75, 3.05) is 0 Å². The second-order valence-electron chi connectivity index (χ2n) is 7.68. The normalized spacial score (nSPS) is 12.4. The third-order valence-corrected chi connectivity index (χ3v) is 3.32. The van der Waals surface area contributed by atoms with Gasteiger partial charge >= 0.3 is 5.97 Å². The van der Waals surface area contributed by atoms with E-state index in [1.165, 1.54) is 16.7 Å². The molecule has 0 bridgehead atoms. The van der Waals surface area contributed by atoms with Crippen LogP contribution in [-0.4, -0.2) is 5.97 Å². The second kappa shape index (κ2) is 5.59. The minimum absolute atomic E-state index is 0.134. The molecule has 112 valence electrons. The van der Waals surface area contributed by atoms with Crippen LogP contribution in [0.3, 0.4) is 0 Å². The van der Waals surface area contributed by atoms with Crippen LogP contribution in [0.25, 0.3) is 0 Å². The van der Waals surface area contributed by atoms with Gasteiger partial charge in [-0.05, 0) is 62.3 Å². The predicted molar refractivity (Wildman–Crippen MR) is 83.9 cm³/mol. The van der Waals surface area contributed by atoms with Gasteiger partial charge in [-0.2, -0.15) is 0 Å². The summed E-state index contributed by atoms with van der Waals surface area (Å²) in [6.45, 7) is 16.9. The highest BCUT2D eigenvalue weighted by Crippen LogP contribution is 2.30. The fourth-order valence-corrected chi connectivity index (χ4v) is 2.68. The molecule has 0 saturated carbocycles. The number of carbonyl (C=O) groups is 1. The fourth-order valence-electron chi connectivity index (χ4n) is 2.68. The first-order valence-corrected chi connectivity index (χ1v) is 7.21. The lowest BCUT2D eigenvalue weighted by Crippen LogP contribution is -2.23. The van der Waals surface area contributed by atoms with E-state index < -0.39 is 5.41 Å². The fraction of sp³-hybridized carbons (Fsp3) is 0.611. The van der Waals surface area contributed by atoms with Gasteiger partial charge in [0.15, 0.2) is 0 Å². The predicted octanol–water partition coefficient (Wildman–Crippen LogP) is 4.69. The van der Waals surface area contributed by atoms with Crippen LogP contribution in [0, 0.1) is 19.3 Å². The number of aryl methyl sites for hydroxylation is 2. The van der Waals surface area contributed by atoms with E-state index >= 15 is 0 Å². The first-order valence-electron chi connectivity index (χ1n) is 7.21. The second-order valence-corrected chi connectivity index (χ2v) is 7.68. The molecule has 1 rings (SSSR count). The van der Waals surface area contributed by atoms with Crippen LogP contribution in [0.4, 0.5) is 0 Å². The van der Waals surface area contributed by atoms with Gasteiger partial charge < -0.3 is 4.74 Å². The molecule has 0 amide bonds. The van der Waals surface area contributed by atoms with Crippen LogP contribution < -0.4 is 0 Å². The van der Waals surface area contributed by atoms with E-state index in [9.17, 15) is 4.79 Å². The van der Waals surface area contributed by atoms with Gasteiger partial charge in [0.1, 0.15) is 6.61 Å². The van der Waals surface area contributed by atoms with Crippen molar-refractivity contribution >= 4 is 5.97 Å². The number of esters is 1. The summed E-state index contributed by atoms with van der Waals surface area (Å²) in [7, 11) is 0. The maximum absolute atomic E-state index is 11.8. The van der Waals surface area contributed by atoms with E-state index in [1.54, 1.807) is 0 Å². The van der Waals surface area contributed by atoms with Crippen LogP contribution in [0.2, 0.25) is 0 Å². The van der Waals surface area contributed by atoms with Crippen LogP contribution in [-0.2, 0) is 21.6 Å². The van der Waals surface area contributed by atoms with Crippen LogP contribution >= 0.6 is 0 Å². The maximum Gasteiger partial charge on any atom is 0.311 e. The average molecular weight is 276 g/mol. The van der Waals surface area contributed by atoms with Crippen LogP contribution in [0.1, 0.15) is 63.8 Å². The first-order chi connectivity index (χ1) is 8.93. The van der Waals surface area contributed by atoms with Crippen LogP contribution in [0.15, 0.2) is 12.1 Å². The van der Waals surface area contributed by atoms with Gasteiger partial charge in [-0.1, -0.05) is 32.9 Å². The molecule has 0 radical (unpaired) electrons. The molecule has 0 fully saturated rings. The van der Waals surface area contributed by atoms with Gasteiger partial charge in [0.25, 0.3) is 0 Å². The zero-order valence-corrected chi connectivity index (χ0v) is 14.2. The van der Waals surface area contributed by atoms with Gasteiger partial charge in [-0.3, -0.25) is 4.79 Å². The van der Waals surface area contributed by atoms with Crippen molar-refractivity contribution in [3.63, 3.8) is 0 Å². The monoisotopic (exact) mass is 276 g/mol. The van der Waals surface area contributed by atoms with Crippen molar-refractivity contribution in [2.45, 2.75) is 67.4 Å². The molecular formula is C18H28O2. The lowest BCUT2D eigenvalue weighted by atomic mass is 9.80. The molecule has 0 atom stereocenters. The summed E-state index contributed by atoms with van der Waals surface area (Å²) in [5.74, 6) is -0.160. The topological polar surface area (TPSA) is 26.3 Å². The molecule has 0 N–H and O–H groups in total. The minimum atomic E-state index is -0.449. The van der Waals surface area contributed by atoms with E-state index in [1.807, 2.05) is 20.8 Å². The van der Waals surface area contributed by atoms with Crippen molar-refractivity contribution in [1.82, 2.24) is 0 Å². The van der Waals surface area contributed by atoms with E-state index in [2.05, 4.69) is 46.8 Å². The Balaban J connectivity index is 2.94. The number of benzene rings is 1. The third kappa shape index (κ3) is 4.09. The molecule has 2 nitrogen and oxygen atoms in total. The highest BCUT2D eigenvalue weighted by atomic mass is 16.5. The maximum atomic E-state index is 11.8. The van der Waals surface area contributed by atoms with Gasteiger partial charge in [0.2, 0.25) is 0 Å². The number of rotatable bonds is 2. The van der Waals surface area contributed by atoms with E-state index in [0.29, 0.717) is 6.61 Å². The summed E-state index contributed by atoms with van der Waals surface area (Å²) >= 11 is 0. The van der Waals surface area contributed by atoms with Crippen molar-refractivity contribution in [1.29, 1.82) is 0 Å². The molecule has 0 saturated heterocycles. The molecule has 0 aromatic heterocycles. The third-order valence-electron chi connectivity index (χ3n) is 3.32. The summed E-state index contributed by atoms with van der Waals surface area (Å²) in [5.41, 5.74) is 4.65. The number of carbonyl (C=O) groups excluding carboxylic acids is 1. The Morgan fingerprint density at radius 1 is 1.00 bits per heavy atom. The van der Waals surface area contributed by atoms with Gasteiger partial charge in [0, 0.05) is 0 Å². The van der Waals surface area contributed by atoms with Gasteiger partial charge in [-0.15, -0.1) is 0 Å². The zero-order chi connectivity index (χ0) is 15.7. The molecule has 2 heteroatoms. The molecule has 20 heavy (non-hydrogen) atoms. The Morgan fingerprint density at radius 2 is 1.45 bits per heavy atom. The number of hydrogen-bond acceptors (Lipinski definition) is 2. The molecule has 0 spiro atoms. The Bertz CT molecular complexity index is 476. The van der Waals surface area contributed by atoms with Crippen molar-refractivity contribution in [3.8, 4) is 0 Å². The molecule has 0 aliphatic heterocycles. The van der Waals surface area contributed by atoms with Gasteiger partial charge in [-0.25, -0.2) is 0 Å². The largest absolute Gasteiger partial charge is 0.460 e. The lowest BCUT2D eigenvalue weighted by Gasteiger charge is -2.25.